The summed E-state index contributed by atoms with van der Waals surface area (Å²) < 4.78 is 13.9. The molecule has 0 atom stereocenters. The molecule has 9 nitrogen and oxygen atoms in total. The van der Waals surface area contributed by atoms with Crippen LogP contribution in [0.3, 0.4) is 0 Å². The molecule has 198 valence electrons. The molecule has 0 aliphatic heterocycles. The van der Waals surface area contributed by atoms with E-state index in [4.69, 9.17) is 31.8 Å². The van der Waals surface area contributed by atoms with Crippen molar-refractivity contribution >= 4 is 40.0 Å². The van der Waals surface area contributed by atoms with E-state index < -0.39 is 5.91 Å². The van der Waals surface area contributed by atoms with E-state index in [0.29, 0.717) is 40.8 Å². The van der Waals surface area contributed by atoms with Crippen molar-refractivity contribution in [2.24, 2.45) is 0 Å². The number of nitrogens with zero attached hydrogens (tertiary/aromatic N) is 3. The Kier molecular flexibility index (Phi) is 7.33. The van der Waals surface area contributed by atoms with Crippen LogP contribution in [0.15, 0.2) is 77.7 Å². The van der Waals surface area contributed by atoms with Gasteiger partial charge < -0.3 is 20.5 Å². The summed E-state index contributed by atoms with van der Waals surface area (Å²) in [4.78, 5) is 31.5. The van der Waals surface area contributed by atoms with E-state index in [1.165, 1.54) is 10.5 Å². The van der Waals surface area contributed by atoms with Crippen LogP contribution in [0.5, 0.6) is 11.5 Å². The van der Waals surface area contributed by atoms with Crippen LogP contribution in [0.2, 0.25) is 5.02 Å². The summed E-state index contributed by atoms with van der Waals surface area (Å²) in [6, 6.07) is 19.7. The van der Waals surface area contributed by atoms with Gasteiger partial charge in [0.25, 0.3) is 17.1 Å². The summed E-state index contributed by atoms with van der Waals surface area (Å²) >= 11 is 6.26. The first-order chi connectivity index (χ1) is 18.9. The number of nitrogen functional groups attached to an aromatic ring is 1. The number of halogens is 1. The number of aromatic nitrogens is 3. The standard InChI is InChI=1S/C29H26ClN5O4/c1-38-23-11-10-18(15-24(23)39-2)12-14-35-26(31)20(28(36)32-17-19-7-3-4-8-22(19)30)16-21-27(35)33-25-9-5-6-13-34(25)29(21)37/h3-11,13,15-16,31H,12,14,17H2,1-2H3,(H,32,36)/p+1. The second-order valence-electron chi connectivity index (χ2n) is 8.89. The monoisotopic (exact) mass is 544 g/mol. The number of nitrogens with one attached hydrogen (secondary N) is 1. The first-order valence-corrected chi connectivity index (χ1v) is 12.6. The molecule has 0 unspecified atom stereocenters. The Balaban J connectivity index is 1.58. The number of nitrogens with two attached hydrogens (primary N) is 1. The van der Waals surface area contributed by atoms with E-state index in [0.717, 1.165) is 11.1 Å². The minimum Gasteiger partial charge on any atom is -0.493 e. The lowest BCUT2D eigenvalue weighted by Gasteiger charge is -2.14. The first-order valence-electron chi connectivity index (χ1n) is 12.3. The van der Waals surface area contributed by atoms with Gasteiger partial charge in [-0.2, -0.15) is 0 Å². The van der Waals surface area contributed by atoms with Crippen molar-refractivity contribution in [2.75, 3.05) is 20.0 Å². The van der Waals surface area contributed by atoms with Crippen LogP contribution < -0.4 is 30.7 Å². The molecule has 3 aromatic heterocycles. The largest absolute Gasteiger partial charge is 0.493 e. The number of hydrogen-bond acceptors (Lipinski definition) is 6. The lowest BCUT2D eigenvalue weighted by atomic mass is 10.1. The number of anilines is 1. The molecule has 3 heterocycles. The average molecular weight is 545 g/mol. The van der Waals surface area contributed by atoms with E-state index in [9.17, 15) is 9.59 Å². The fourth-order valence-electron chi connectivity index (χ4n) is 4.50. The number of benzene rings is 2. The first kappa shape index (κ1) is 26.0. The van der Waals surface area contributed by atoms with Gasteiger partial charge in [0.1, 0.15) is 10.9 Å². The molecule has 0 aliphatic rings. The molecule has 3 N–H and O–H groups in total. The van der Waals surface area contributed by atoms with Gasteiger partial charge in [-0.15, -0.1) is 0 Å². The highest BCUT2D eigenvalue weighted by Gasteiger charge is 2.24. The summed E-state index contributed by atoms with van der Waals surface area (Å²) in [6.07, 6.45) is 2.18. The van der Waals surface area contributed by atoms with E-state index >= 15 is 0 Å². The van der Waals surface area contributed by atoms with Crippen molar-refractivity contribution in [3.05, 3.63) is 105 Å². The van der Waals surface area contributed by atoms with E-state index in [1.807, 2.05) is 42.5 Å². The number of aryl methyl sites for hydroxylation is 2. The van der Waals surface area contributed by atoms with Gasteiger partial charge in [0.05, 0.1) is 20.8 Å². The highest BCUT2D eigenvalue weighted by atomic mass is 35.5. The predicted octanol–water partition coefficient (Wildman–Crippen LogP) is 3.56. The Morgan fingerprint density at radius 3 is 2.59 bits per heavy atom. The zero-order chi connectivity index (χ0) is 27.5. The van der Waals surface area contributed by atoms with Gasteiger partial charge in [0.15, 0.2) is 11.5 Å². The summed E-state index contributed by atoms with van der Waals surface area (Å²) in [5.74, 6) is 1.00. The molecule has 1 amide bonds. The van der Waals surface area contributed by atoms with Crippen molar-refractivity contribution < 1.29 is 18.8 Å². The average Bonchev–Trinajstić information content (AvgIpc) is 2.96. The summed E-state index contributed by atoms with van der Waals surface area (Å²) in [6.45, 7) is 0.565. The second-order valence-corrected chi connectivity index (χ2v) is 9.30. The molecule has 5 rings (SSSR count). The highest BCUT2D eigenvalue weighted by Crippen LogP contribution is 2.28. The fraction of sp³-hybridized carbons (Fsp3) is 0.172. The van der Waals surface area contributed by atoms with Crippen molar-refractivity contribution in [2.45, 2.75) is 19.5 Å². The van der Waals surface area contributed by atoms with Crippen LogP contribution in [0.4, 0.5) is 5.82 Å². The summed E-state index contributed by atoms with van der Waals surface area (Å²) in [5.41, 5.74) is 9.07. The van der Waals surface area contributed by atoms with Crippen LogP contribution in [-0.2, 0) is 19.5 Å². The third kappa shape index (κ3) is 5.08. The molecular weight excluding hydrogens is 518 g/mol. The topological polar surface area (TPSA) is 112 Å². The summed E-state index contributed by atoms with van der Waals surface area (Å²) in [5, 5.41) is 3.70. The number of hydrogen-bond donors (Lipinski definition) is 2. The van der Waals surface area contributed by atoms with Crippen LogP contribution >= 0.6 is 11.6 Å². The van der Waals surface area contributed by atoms with E-state index in [1.54, 1.807) is 43.2 Å². The number of carbonyl (C=O) groups excluding carboxylic acids is 1. The number of methoxy groups -OCH3 is 2. The Bertz CT molecular complexity index is 1770. The lowest BCUT2D eigenvalue weighted by molar-refractivity contribution is -0.658. The molecule has 0 fully saturated rings. The third-order valence-electron chi connectivity index (χ3n) is 6.57. The van der Waals surface area contributed by atoms with Gasteiger partial charge in [0, 0.05) is 24.2 Å². The highest BCUT2D eigenvalue weighted by molar-refractivity contribution is 6.31. The molecule has 39 heavy (non-hydrogen) atoms. The third-order valence-corrected chi connectivity index (χ3v) is 6.94. The minimum absolute atomic E-state index is 0.177. The van der Waals surface area contributed by atoms with Crippen LogP contribution in [-0.4, -0.2) is 29.5 Å². The number of fused-ring (bicyclic) bond motifs is 2. The molecule has 0 radical (unpaired) electrons. The quantitative estimate of drug-likeness (QED) is 0.228. The van der Waals surface area contributed by atoms with Gasteiger partial charge in [-0.05, 0) is 47.5 Å². The molecule has 2 aromatic carbocycles. The van der Waals surface area contributed by atoms with Gasteiger partial charge in [-0.3, -0.25) is 14.0 Å². The van der Waals surface area contributed by atoms with Gasteiger partial charge in [-0.1, -0.05) is 46.9 Å². The SMILES string of the molecule is COc1ccc(CC[n+]2c(N)c(C(=O)NCc3ccccc3Cl)cc3c(=O)n4ccccc4nc32)cc1OC. The Labute approximate surface area is 229 Å². The zero-order valence-electron chi connectivity index (χ0n) is 21.5. The summed E-state index contributed by atoms with van der Waals surface area (Å²) in [7, 11) is 3.16. The minimum atomic E-state index is -0.424. The fourth-order valence-corrected chi connectivity index (χ4v) is 4.70. The number of carbonyl (C=O) groups is 1. The Morgan fingerprint density at radius 2 is 1.82 bits per heavy atom. The number of ether oxygens (including phenoxy) is 2. The zero-order valence-corrected chi connectivity index (χ0v) is 22.2. The molecule has 0 saturated carbocycles. The Hall–Kier alpha value is -4.63. The van der Waals surface area contributed by atoms with Crippen LogP contribution in [0.25, 0.3) is 16.7 Å². The smallest absolute Gasteiger partial charge is 0.278 e. The van der Waals surface area contributed by atoms with Gasteiger partial charge >= 0.3 is 0 Å². The predicted molar refractivity (Wildman–Crippen MR) is 149 cm³/mol. The van der Waals surface area contributed by atoms with Crippen molar-refractivity contribution in [3.63, 3.8) is 0 Å². The maximum absolute atomic E-state index is 13.5. The van der Waals surface area contributed by atoms with E-state index in [-0.39, 0.29) is 28.9 Å². The van der Waals surface area contributed by atoms with Crippen LogP contribution in [0, 0.1) is 0 Å². The Morgan fingerprint density at radius 1 is 1.05 bits per heavy atom. The molecular formula is C29H27ClN5O4+. The van der Waals surface area contributed by atoms with Gasteiger partial charge in [0.2, 0.25) is 11.5 Å². The maximum Gasteiger partial charge on any atom is 0.278 e. The molecule has 5 aromatic rings. The maximum atomic E-state index is 13.5. The van der Waals surface area contributed by atoms with Crippen LogP contribution in [0.1, 0.15) is 21.5 Å². The van der Waals surface area contributed by atoms with Gasteiger partial charge in [-0.25, -0.2) is 4.57 Å². The molecule has 0 saturated heterocycles. The number of rotatable bonds is 8. The van der Waals surface area contributed by atoms with Crippen molar-refractivity contribution in [3.8, 4) is 11.5 Å². The van der Waals surface area contributed by atoms with Crippen molar-refractivity contribution in [1.29, 1.82) is 0 Å². The van der Waals surface area contributed by atoms with E-state index in [2.05, 4.69) is 5.32 Å². The number of amides is 1. The molecule has 10 heteroatoms. The normalized spacial score (nSPS) is 11.1. The molecule has 0 spiro atoms. The number of pyridine rings is 2. The molecule has 0 aliphatic carbocycles. The lowest BCUT2D eigenvalue weighted by Crippen LogP contribution is -2.43. The molecule has 0 bridgehead atoms. The second kappa shape index (κ2) is 11.0. The van der Waals surface area contributed by atoms with Crippen molar-refractivity contribution in [1.82, 2.24) is 14.7 Å².